The van der Waals surface area contributed by atoms with Gasteiger partial charge >= 0.3 is 0 Å². The number of nitrogens with one attached hydrogen (secondary N) is 1. The van der Waals surface area contributed by atoms with Crippen LogP contribution in [-0.4, -0.2) is 46.4 Å². The first-order valence-corrected chi connectivity index (χ1v) is 9.17. The van der Waals surface area contributed by atoms with Gasteiger partial charge in [-0.05, 0) is 55.8 Å². The van der Waals surface area contributed by atoms with Gasteiger partial charge in [-0.25, -0.2) is 4.98 Å². The van der Waals surface area contributed by atoms with Crippen LogP contribution in [0.2, 0.25) is 0 Å². The second kappa shape index (κ2) is 8.53. The van der Waals surface area contributed by atoms with E-state index >= 15 is 0 Å². The van der Waals surface area contributed by atoms with Gasteiger partial charge in [0.25, 0.3) is 0 Å². The van der Waals surface area contributed by atoms with Gasteiger partial charge in [0.15, 0.2) is 0 Å². The lowest BCUT2D eigenvalue weighted by Crippen LogP contribution is -2.39. The van der Waals surface area contributed by atoms with Crippen molar-refractivity contribution in [3.63, 3.8) is 0 Å². The average molecular weight is 321 g/mol. The number of nitrogens with zero attached hydrogens (tertiary/aromatic N) is 2. The van der Waals surface area contributed by atoms with Crippen LogP contribution >= 0.6 is 11.8 Å². The van der Waals surface area contributed by atoms with Gasteiger partial charge in [-0.1, -0.05) is 13.8 Å². The molecule has 0 bridgehead atoms. The van der Waals surface area contributed by atoms with Crippen molar-refractivity contribution in [1.82, 2.24) is 9.88 Å². The molecule has 0 radical (unpaired) electrons. The molecule has 1 saturated heterocycles. The Morgan fingerprint density at radius 2 is 2.18 bits per heavy atom. The second-order valence-electron chi connectivity index (χ2n) is 6.24. The molecule has 0 aromatic carbocycles. The van der Waals surface area contributed by atoms with Crippen LogP contribution in [0.3, 0.4) is 0 Å². The summed E-state index contributed by atoms with van der Waals surface area (Å²) in [6, 6.07) is 3.85. The van der Waals surface area contributed by atoms with Crippen LogP contribution in [0, 0.1) is 12.8 Å². The average Bonchev–Trinajstić information content (AvgIpc) is 2.47. The van der Waals surface area contributed by atoms with E-state index in [-0.39, 0.29) is 11.8 Å². The predicted octanol–water partition coefficient (Wildman–Crippen LogP) is 3.18. The number of likely N-dealkylation sites (tertiary alicyclic amines) is 1. The highest BCUT2D eigenvalue weighted by atomic mass is 32.2. The van der Waals surface area contributed by atoms with Gasteiger partial charge < -0.3 is 10.2 Å². The van der Waals surface area contributed by atoms with Crippen molar-refractivity contribution in [3.05, 3.63) is 23.9 Å². The molecule has 0 aliphatic carbocycles. The third-order valence-electron chi connectivity index (χ3n) is 3.98. The smallest absolute Gasteiger partial charge is 0.228 e. The quantitative estimate of drug-likeness (QED) is 0.874. The van der Waals surface area contributed by atoms with Crippen LogP contribution in [0.5, 0.6) is 0 Å². The normalized spacial score (nSPS) is 16.9. The first-order valence-electron chi connectivity index (χ1n) is 8.12. The predicted molar refractivity (Wildman–Crippen MR) is 94.4 cm³/mol. The van der Waals surface area contributed by atoms with Crippen LogP contribution in [0.15, 0.2) is 18.3 Å². The van der Waals surface area contributed by atoms with Crippen molar-refractivity contribution >= 4 is 23.5 Å². The number of pyridine rings is 1. The molecule has 1 aromatic rings. The summed E-state index contributed by atoms with van der Waals surface area (Å²) in [6.45, 7) is 9.67. The van der Waals surface area contributed by atoms with E-state index in [1.54, 1.807) is 6.20 Å². The number of thioether (sulfide) groups is 1. The molecule has 1 aliphatic heterocycles. The minimum atomic E-state index is 0.120. The van der Waals surface area contributed by atoms with Crippen molar-refractivity contribution in [3.8, 4) is 0 Å². The summed E-state index contributed by atoms with van der Waals surface area (Å²) in [4.78, 5) is 19.0. The molecule has 2 rings (SSSR count). The maximum Gasteiger partial charge on any atom is 0.228 e. The fraction of sp³-hybridized carbons (Fsp3) is 0.647. The first kappa shape index (κ1) is 17.3. The molecule has 1 aliphatic rings. The second-order valence-corrected chi connectivity index (χ2v) is 7.93. The molecule has 1 amide bonds. The summed E-state index contributed by atoms with van der Waals surface area (Å²) in [5.41, 5.74) is 1.11. The lowest BCUT2D eigenvalue weighted by atomic mass is 9.96. The van der Waals surface area contributed by atoms with Crippen LogP contribution in [-0.2, 0) is 4.79 Å². The van der Waals surface area contributed by atoms with Gasteiger partial charge in [0.05, 0.1) is 0 Å². The highest BCUT2D eigenvalue weighted by Crippen LogP contribution is 2.20. The SMILES string of the molecule is Cc1ccnc(NC(=O)C2CCN(CCSC(C)C)CC2)c1. The standard InChI is InChI=1S/C17H27N3OS/c1-13(2)22-11-10-20-8-5-15(6-9-20)17(21)19-16-12-14(3)4-7-18-16/h4,7,12-13,15H,5-6,8-11H2,1-3H3,(H,18,19,21). The number of carbonyl (C=O) groups is 1. The molecule has 0 saturated carbocycles. The van der Waals surface area contributed by atoms with Crippen molar-refractivity contribution in [1.29, 1.82) is 0 Å². The maximum absolute atomic E-state index is 12.3. The summed E-state index contributed by atoms with van der Waals surface area (Å²) in [5, 5.41) is 3.65. The van der Waals surface area contributed by atoms with Gasteiger partial charge in [-0.3, -0.25) is 4.79 Å². The van der Waals surface area contributed by atoms with Crippen molar-refractivity contribution in [2.45, 2.75) is 38.9 Å². The van der Waals surface area contributed by atoms with Crippen LogP contribution in [0.25, 0.3) is 0 Å². The molecule has 1 aromatic heterocycles. The molecule has 122 valence electrons. The molecule has 0 atom stereocenters. The lowest BCUT2D eigenvalue weighted by molar-refractivity contribution is -0.121. The van der Waals surface area contributed by atoms with Crippen molar-refractivity contribution < 1.29 is 4.79 Å². The summed E-state index contributed by atoms with van der Waals surface area (Å²) in [5.74, 6) is 2.09. The fourth-order valence-electron chi connectivity index (χ4n) is 2.67. The van der Waals surface area contributed by atoms with Crippen LogP contribution < -0.4 is 5.32 Å². The minimum Gasteiger partial charge on any atom is -0.310 e. The zero-order valence-corrected chi connectivity index (χ0v) is 14.7. The number of aryl methyl sites for hydroxylation is 1. The maximum atomic E-state index is 12.3. The molecule has 4 nitrogen and oxygen atoms in total. The summed E-state index contributed by atoms with van der Waals surface area (Å²) < 4.78 is 0. The van der Waals surface area contributed by atoms with E-state index in [2.05, 4.69) is 29.0 Å². The zero-order valence-electron chi connectivity index (χ0n) is 13.8. The number of rotatable bonds is 6. The monoisotopic (exact) mass is 321 g/mol. The van der Waals surface area contributed by atoms with Gasteiger partial charge in [-0.2, -0.15) is 11.8 Å². The number of anilines is 1. The van der Waals surface area contributed by atoms with E-state index in [0.717, 1.165) is 38.0 Å². The highest BCUT2D eigenvalue weighted by Gasteiger charge is 2.25. The topological polar surface area (TPSA) is 45.2 Å². The minimum absolute atomic E-state index is 0.120. The number of aromatic nitrogens is 1. The molecule has 1 N–H and O–H groups in total. The molecular weight excluding hydrogens is 294 g/mol. The Morgan fingerprint density at radius 1 is 1.45 bits per heavy atom. The van der Waals surface area contributed by atoms with Gasteiger partial charge in [0.2, 0.25) is 5.91 Å². The summed E-state index contributed by atoms with van der Waals surface area (Å²) in [7, 11) is 0. The Labute approximate surface area is 138 Å². The van der Waals surface area contributed by atoms with Crippen molar-refractivity contribution in [2.75, 3.05) is 30.7 Å². The van der Waals surface area contributed by atoms with Crippen LogP contribution in [0.4, 0.5) is 5.82 Å². The molecule has 0 unspecified atom stereocenters. The molecular formula is C17H27N3OS. The van der Waals surface area contributed by atoms with Crippen molar-refractivity contribution in [2.24, 2.45) is 5.92 Å². The molecule has 22 heavy (non-hydrogen) atoms. The third-order valence-corrected chi connectivity index (χ3v) is 5.07. The van der Waals surface area contributed by atoms with Gasteiger partial charge in [0, 0.05) is 24.4 Å². The number of carbonyl (C=O) groups excluding carboxylic acids is 1. The zero-order chi connectivity index (χ0) is 15.9. The molecule has 0 spiro atoms. The first-order chi connectivity index (χ1) is 10.5. The Bertz CT molecular complexity index is 485. The van der Waals surface area contributed by atoms with Gasteiger partial charge in [0.1, 0.15) is 5.82 Å². The highest BCUT2D eigenvalue weighted by molar-refractivity contribution is 7.99. The Balaban J connectivity index is 1.73. The van der Waals surface area contributed by atoms with E-state index in [4.69, 9.17) is 0 Å². The fourth-order valence-corrected chi connectivity index (χ4v) is 3.50. The molecule has 5 heteroatoms. The Kier molecular flexibility index (Phi) is 6.70. The lowest BCUT2D eigenvalue weighted by Gasteiger charge is -2.31. The molecule has 2 heterocycles. The van der Waals surface area contributed by atoms with Gasteiger partial charge in [-0.15, -0.1) is 0 Å². The number of piperidine rings is 1. The van der Waals surface area contributed by atoms with E-state index in [9.17, 15) is 4.79 Å². The number of hydrogen-bond acceptors (Lipinski definition) is 4. The van der Waals surface area contributed by atoms with Crippen LogP contribution in [0.1, 0.15) is 32.3 Å². The van der Waals surface area contributed by atoms with E-state index in [1.807, 2.05) is 30.8 Å². The van der Waals surface area contributed by atoms with E-state index < -0.39 is 0 Å². The summed E-state index contributed by atoms with van der Waals surface area (Å²) >= 11 is 2.01. The Hall–Kier alpha value is -1.07. The molecule has 1 fully saturated rings. The largest absolute Gasteiger partial charge is 0.310 e. The summed E-state index contributed by atoms with van der Waals surface area (Å²) in [6.07, 6.45) is 3.63. The third kappa shape index (κ3) is 5.61. The number of amides is 1. The van der Waals surface area contributed by atoms with E-state index in [0.29, 0.717) is 11.1 Å². The van der Waals surface area contributed by atoms with E-state index in [1.165, 1.54) is 5.75 Å². The number of hydrogen-bond donors (Lipinski definition) is 1. The Morgan fingerprint density at radius 3 is 2.82 bits per heavy atom.